The molecule has 0 amide bonds. The molecule has 0 aliphatic rings. The summed E-state index contributed by atoms with van der Waals surface area (Å²) in [6.07, 6.45) is 0. The van der Waals surface area contributed by atoms with Crippen molar-refractivity contribution in [3.05, 3.63) is 29.8 Å². The van der Waals surface area contributed by atoms with E-state index in [0.29, 0.717) is 6.61 Å². The highest BCUT2D eigenvalue weighted by molar-refractivity contribution is 5.71. The van der Waals surface area contributed by atoms with E-state index >= 15 is 0 Å². The zero-order valence-corrected chi connectivity index (χ0v) is 9.32. The zero-order valence-electron chi connectivity index (χ0n) is 9.32. The van der Waals surface area contributed by atoms with E-state index in [2.05, 4.69) is 0 Å². The fraction of sp³-hybridized carbons (Fsp3) is 0.417. The van der Waals surface area contributed by atoms with Crippen LogP contribution in [0.3, 0.4) is 0 Å². The third kappa shape index (κ3) is 3.62. The molecule has 82 valence electrons. The molecule has 1 aromatic rings. The van der Waals surface area contributed by atoms with Gasteiger partial charge in [-0.2, -0.15) is 0 Å². The van der Waals surface area contributed by atoms with E-state index in [1.807, 2.05) is 38.1 Å². The van der Waals surface area contributed by atoms with Crippen LogP contribution in [0.4, 0.5) is 0 Å². The molecular weight excluding hydrogens is 192 g/mol. The summed E-state index contributed by atoms with van der Waals surface area (Å²) < 4.78 is 10.1. The van der Waals surface area contributed by atoms with Gasteiger partial charge in [0.25, 0.3) is 0 Å². The van der Waals surface area contributed by atoms with Gasteiger partial charge in [0.15, 0.2) is 0 Å². The monoisotopic (exact) mass is 208 g/mol. The molecule has 0 fully saturated rings. The van der Waals surface area contributed by atoms with Gasteiger partial charge in [-0.25, -0.2) is 0 Å². The van der Waals surface area contributed by atoms with Crippen LogP contribution >= 0.6 is 0 Å². The van der Waals surface area contributed by atoms with Crippen molar-refractivity contribution in [2.24, 2.45) is 5.92 Å². The first-order chi connectivity index (χ1) is 7.13. The highest BCUT2D eigenvalue weighted by atomic mass is 16.5. The van der Waals surface area contributed by atoms with Gasteiger partial charge < -0.3 is 9.47 Å². The predicted molar refractivity (Wildman–Crippen MR) is 57.6 cm³/mol. The van der Waals surface area contributed by atoms with Crippen LogP contribution in [0.1, 0.15) is 19.4 Å². The molecule has 3 nitrogen and oxygen atoms in total. The number of methoxy groups -OCH3 is 1. The van der Waals surface area contributed by atoms with E-state index in [9.17, 15) is 4.79 Å². The maximum absolute atomic E-state index is 11.2. The molecule has 1 rings (SSSR count). The predicted octanol–water partition coefficient (Wildman–Crippen LogP) is 2.39. The lowest BCUT2D eigenvalue weighted by molar-refractivity contribution is -0.148. The molecule has 0 bridgehead atoms. The first-order valence-electron chi connectivity index (χ1n) is 4.93. The molecule has 1 aromatic carbocycles. The second-order valence-corrected chi connectivity index (χ2v) is 3.61. The van der Waals surface area contributed by atoms with Gasteiger partial charge in [-0.1, -0.05) is 26.0 Å². The summed E-state index contributed by atoms with van der Waals surface area (Å²) >= 11 is 0. The van der Waals surface area contributed by atoms with Crippen molar-refractivity contribution in [3.8, 4) is 5.75 Å². The Bertz CT molecular complexity index is 314. The standard InChI is InChI=1S/C12H16O3/c1-9(2)12(13)15-8-10-4-6-11(14-3)7-5-10/h4-7,9H,8H2,1-3H3. The summed E-state index contributed by atoms with van der Waals surface area (Å²) in [6.45, 7) is 3.95. The minimum Gasteiger partial charge on any atom is -0.497 e. The number of hydrogen-bond acceptors (Lipinski definition) is 3. The van der Waals surface area contributed by atoms with E-state index in [0.717, 1.165) is 11.3 Å². The van der Waals surface area contributed by atoms with Gasteiger partial charge in [0.1, 0.15) is 12.4 Å². The number of esters is 1. The average Bonchev–Trinajstić information content (AvgIpc) is 2.26. The maximum Gasteiger partial charge on any atom is 0.308 e. The Morgan fingerprint density at radius 3 is 2.33 bits per heavy atom. The summed E-state index contributed by atoms with van der Waals surface area (Å²) in [5, 5.41) is 0. The lowest BCUT2D eigenvalue weighted by Crippen LogP contribution is -2.11. The fourth-order valence-corrected chi connectivity index (χ4v) is 1.04. The van der Waals surface area contributed by atoms with Crippen LogP contribution in [0, 0.1) is 5.92 Å². The van der Waals surface area contributed by atoms with Gasteiger partial charge in [-0.15, -0.1) is 0 Å². The molecule has 0 aromatic heterocycles. The third-order valence-corrected chi connectivity index (χ3v) is 2.01. The van der Waals surface area contributed by atoms with Crippen LogP contribution in [0.5, 0.6) is 5.75 Å². The molecule has 0 spiro atoms. The Morgan fingerprint density at radius 1 is 1.27 bits per heavy atom. The molecule has 0 atom stereocenters. The summed E-state index contributed by atoms with van der Waals surface area (Å²) in [5.41, 5.74) is 0.963. The number of rotatable bonds is 4. The van der Waals surface area contributed by atoms with Crippen LogP contribution < -0.4 is 4.74 Å². The summed E-state index contributed by atoms with van der Waals surface area (Å²) in [7, 11) is 1.62. The van der Waals surface area contributed by atoms with Crippen LogP contribution in [0.25, 0.3) is 0 Å². The van der Waals surface area contributed by atoms with Crippen molar-refractivity contribution in [1.82, 2.24) is 0 Å². The Balaban J connectivity index is 2.47. The number of carbonyl (C=O) groups is 1. The van der Waals surface area contributed by atoms with Crippen molar-refractivity contribution < 1.29 is 14.3 Å². The normalized spacial score (nSPS) is 10.1. The third-order valence-electron chi connectivity index (χ3n) is 2.01. The molecule has 15 heavy (non-hydrogen) atoms. The lowest BCUT2D eigenvalue weighted by atomic mass is 10.2. The summed E-state index contributed by atoms with van der Waals surface area (Å²) in [6, 6.07) is 7.45. The van der Waals surface area contributed by atoms with E-state index < -0.39 is 0 Å². The molecule has 0 aliphatic carbocycles. The molecule has 0 radical (unpaired) electrons. The van der Waals surface area contributed by atoms with Gasteiger partial charge in [0.05, 0.1) is 13.0 Å². The van der Waals surface area contributed by atoms with Crippen molar-refractivity contribution in [2.75, 3.05) is 7.11 Å². The van der Waals surface area contributed by atoms with E-state index in [-0.39, 0.29) is 11.9 Å². The molecule has 3 heteroatoms. The Morgan fingerprint density at radius 2 is 1.87 bits per heavy atom. The summed E-state index contributed by atoms with van der Waals surface area (Å²) in [4.78, 5) is 11.2. The minimum absolute atomic E-state index is 0.0803. The fourth-order valence-electron chi connectivity index (χ4n) is 1.04. The van der Waals surface area contributed by atoms with Crippen molar-refractivity contribution >= 4 is 5.97 Å². The van der Waals surface area contributed by atoms with Crippen LogP contribution in [0.2, 0.25) is 0 Å². The van der Waals surface area contributed by atoms with E-state index in [1.54, 1.807) is 7.11 Å². The maximum atomic E-state index is 11.2. The second-order valence-electron chi connectivity index (χ2n) is 3.61. The van der Waals surface area contributed by atoms with Gasteiger partial charge in [0, 0.05) is 0 Å². The van der Waals surface area contributed by atoms with E-state index in [4.69, 9.17) is 9.47 Å². The minimum atomic E-state index is -0.175. The van der Waals surface area contributed by atoms with Crippen molar-refractivity contribution in [1.29, 1.82) is 0 Å². The molecule has 0 saturated heterocycles. The van der Waals surface area contributed by atoms with Gasteiger partial charge in [-0.05, 0) is 17.7 Å². The highest BCUT2D eigenvalue weighted by Gasteiger charge is 2.07. The lowest BCUT2D eigenvalue weighted by Gasteiger charge is -2.07. The molecule has 0 unspecified atom stereocenters. The van der Waals surface area contributed by atoms with E-state index in [1.165, 1.54) is 0 Å². The van der Waals surface area contributed by atoms with Gasteiger partial charge >= 0.3 is 5.97 Å². The number of carbonyl (C=O) groups excluding carboxylic acids is 1. The van der Waals surface area contributed by atoms with Crippen LogP contribution in [-0.4, -0.2) is 13.1 Å². The largest absolute Gasteiger partial charge is 0.497 e. The van der Waals surface area contributed by atoms with Gasteiger partial charge in [-0.3, -0.25) is 4.79 Å². The average molecular weight is 208 g/mol. The van der Waals surface area contributed by atoms with Crippen molar-refractivity contribution in [2.45, 2.75) is 20.5 Å². The first-order valence-corrected chi connectivity index (χ1v) is 4.93. The Labute approximate surface area is 90.0 Å². The Kier molecular flexibility index (Phi) is 4.16. The topological polar surface area (TPSA) is 35.5 Å². The summed E-state index contributed by atoms with van der Waals surface area (Å²) in [5.74, 6) is 0.544. The molecule has 0 aliphatic heterocycles. The van der Waals surface area contributed by atoms with Crippen molar-refractivity contribution in [3.63, 3.8) is 0 Å². The number of benzene rings is 1. The van der Waals surface area contributed by atoms with Gasteiger partial charge in [0.2, 0.25) is 0 Å². The SMILES string of the molecule is COc1ccc(COC(=O)C(C)C)cc1. The number of ether oxygens (including phenoxy) is 2. The number of hydrogen-bond donors (Lipinski definition) is 0. The quantitative estimate of drug-likeness (QED) is 0.713. The molecular formula is C12H16O3. The molecule has 0 saturated carbocycles. The molecule has 0 heterocycles. The first kappa shape index (κ1) is 11.6. The second kappa shape index (κ2) is 5.39. The highest BCUT2D eigenvalue weighted by Crippen LogP contribution is 2.12. The van der Waals surface area contributed by atoms with Crippen LogP contribution in [0.15, 0.2) is 24.3 Å². The Hall–Kier alpha value is -1.51. The molecule has 0 N–H and O–H groups in total. The smallest absolute Gasteiger partial charge is 0.308 e. The zero-order chi connectivity index (χ0) is 11.3. The van der Waals surface area contributed by atoms with Crippen LogP contribution in [-0.2, 0) is 16.1 Å².